The minimum absolute atomic E-state index is 0.0192. The molecule has 2 atom stereocenters. The second-order valence-corrected chi connectivity index (χ2v) is 7.04. The van der Waals surface area contributed by atoms with Crippen LogP contribution in [0.1, 0.15) is 39.7 Å². The molecule has 0 radical (unpaired) electrons. The lowest BCUT2D eigenvalue weighted by Gasteiger charge is -2.35. The Morgan fingerprint density at radius 3 is 2.46 bits per heavy atom. The summed E-state index contributed by atoms with van der Waals surface area (Å²) >= 11 is 0. The molecule has 0 unspecified atom stereocenters. The number of carbonyl (C=O) groups excluding carboxylic acids is 1. The molecule has 0 N–H and O–H groups in total. The number of hydrogen-bond acceptors (Lipinski definition) is 4. The highest BCUT2D eigenvalue weighted by molar-refractivity contribution is 5.81. The molecule has 0 aromatic heterocycles. The van der Waals surface area contributed by atoms with Crippen LogP contribution in [0.25, 0.3) is 0 Å². The lowest BCUT2D eigenvalue weighted by molar-refractivity contribution is -0.142. The smallest absolute Gasteiger partial charge is 0.330 e. The zero-order valence-corrected chi connectivity index (χ0v) is 15.5. The highest BCUT2D eigenvalue weighted by atomic mass is 16.7. The third-order valence-electron chi connectivity index (χ3n) is 3.78. The summed E-state index contributed by atoms with van der Waals surface area (Å²) in [5.41, 5.74) is 1.11. The van der Waals surface area contributed by atoms with Gasteiger partial charge in [-0.15, -0.1) is 0 Å². The van der Waals surface area contributed by atoms with Crippen molar-refractivity contribution >= 4 is 5.97 Å². The SMILES string of the molecule is COC(=O)/C=C/C[C@H](C)[C@H](OCOCc1ccccc1)C(C)(C)C. The molecule has 4 nitrogen and oxygen atoms in total. The molecule has 0 fully saturated rings. The summed E-state index contributed by atoms with van der Waals surface area (Å²) in [4.78, 5) is 11.1. The van der Waals surface area contributed by atoms with Crippen molar-refractivity contribution in [1.29, 1.82) is 0 Å². The molecule has 0 spiro atoms. The molecule has 0 amide bonds. The van der Waals surface area contributed by atoms with E-state index in [9.17, 15) is 4.79 Å². The average Bonchev–Trinajstić information content (AvgIpc) is 2.54. The summed E-state index contributed by atoms with van der Waals surface area (Å²) in [7, 11) is 1.38. The van der Waals surface area contributed by atoms with Crippen molar-refractivity contribution in [2.24, 2.45) is 11.3 Å². The highest BCUT2D eigenvalue weighted by Crippen LogP contribution is 2.30. The van der Waals surface area contributed by atoms with E-state index in [2.05, 4.69) is 32.4 Å². The fourth-order valence-electron chi connectivity index (χ4n) is 2.69. The van der Waals surface area contributed by atoms with Gasteiger partial charge in [-0.25, -0.2) is 4.79 Å². The summed E-state index contributed by atoms with van der Waals surface area (Å²) in [5, 5.41) is 0. The van der Waals surface area contributed by atoms with E-state index in [1.54, 1.807) is 0 Å². The van der Waals surface area contributed by atoms with Crippen LogP contribution in [0.5, 0.6) is 0 Å². The van der Waals surface area contributed by atoms with Crippen LogP contribution in [0.3, 0.4) is 0 Å². The van der Waals surface area contributed by atoms with E-state index in [1.807, 2.05) is 36.4 Å². The van der Waals surface area contributed by atoms with Crippen LogP contribution < -0.4 is 0 Å². The van der Waals surface area contributed by atoms with Crippen LogP contribution in [0.15, 0.2) is 42.5 Å². The Labute approximate surface area is 145 Å². The molecule has 0 aliphatic rings. The number of benzene rings is 1. The second kappa shape index (κ2) is 10.3. The molecule has 1 aromatic carbocycles. The van der Waals surface area contributed by atoms with Crippen molar-refractivity contribution in [2.75, 3.05) is 13.9 Å². The molecule has 1 rings (SSSR count). The van der Waals surface area contributed by atoms with E-state index >= 15 is 0 Å². The lowest BCUT2D eigenvalue weighted by atomic mass is 9.80. The largest absolute Gasteiger partial charge is 0.466 e. The molecular formula is C20H30O4. The van der Waals surface area contributed by atoms with Gasteiger partial charge in [-0.2, -0.15) is 0 Å². The van der Waals surface area contributed by atoms with E-state index in [4.69, 9.17) is 9.47 Å². The summed E-state index contributed by atoms with van der Waals surface area (Å²) in [5.74, 6) is -0.0761. The third-order valence-corrected chi connectivity index (χ3v) is 3.78. The first-order chi connectivity index (χ1) is 11.3. The maximum absolute atomic E-state index is 11.1. The molecule has 0 aliphatic carbocycles. The van der Waals surface area contributed by atoms with E-state index in [-0.39, 0.29) is 30.2 Å². The van der Waals surface area contributed by atoms with Crippen molar-refractivity contribution in [3.05, 3.63) is 48.0 Å². The molecule has 4 heteroatoms. The third kappa shape index (κ3) is 7.75. The van der Waals surface area contributed by atoms with E-state index in [1.165, 1.54) is 13.2 Å². The van der Waals surface area contributed by atoms with Crippen LogP contribution in [-0.4, -0.2) is 26.0 Å². The van der Waals surface area contributed by atoms with Crippen LogP contribution in [-0.2, 0) is 25.6 Å². The molecule has 134 valence electrons. The van der Waals surface area contributed by atoms with E-state index < -0.39 is 0 Å². The Bertz CT molecular complexity index is 502. The number of rotatable bonds is 9. The van der Waals surface area contributed by atoms with Gasteiger partial charge in [-0.3, -0.25) is 0 Å². The average molecular weight is 334 g/mol. The summed E-state index contributed by atoms with van der Waals surface area (Å²) in [6.07, 6.45) is 4.07. The highest BCUT2D eigenvalue weighted by Gasteiger charge is 2.30. The van der Waals surface area contributed by atoms with Gasteiger partial charge in [0.15, 0.2) is 0 Å². The number of carbonyl (C=O) groups is 1. The first kappa shape index (κ1) is 20.4. The topological polar surface area (TPSA) is 44.8 Å². The van der Waals surface area contributed by atoms with Crippen molar-refractivity contribution in [3.63, 3.8) is 0 Å². The van der Waals surface area contributed by atoms with Gasteiger partial charge < -0.3 is 14.2 Å². The molecule has 0 bridgehead atoms. The Morgan fingerprint density at radius 1 is 1.21 bits per heavy atom. The number of methoxy groups -OCH3 is 1. The van der Waals surface area contributed by atoms with Crippen molar-refractivity contribution in [3.8, 4) is 0 Å². The number of ether oxygens (including phenoxy) is 3. The first-order valence-electron chi connectivity index (χ1n) is 8.32. The van der Waals surface area contributed by atoms with Crippen molar-refractivity contribution < 1.29 is 19.0 Å². The standard InChI is InChI=1S/C20H30O4/c1-16(10-9-13-18(21)22-5)19(20(2,3)4)24-15-23-14-17-11-7-6-8-12-17/h6-9,11-13,16,19H,10,14-15H2,1-5H3/b13-9+/t16-,19-/m0/s1. The van der Waals surface area contributed by atoms with Gasteiger partial charge >= 0.3 is 5.97 Å². The molecule has 0 heterocycles. The van der Waals surface area contributed by atoms with Crippen LogP contribution >= 0.6 is 0 Å². The Balaban J connectivity index is 2.47. The van der Waals surface area contributed by atoms with E-state index in [0.29, 0.717) is 6.61 Å². The van der Waals surface area contributed by atoms with Gasteiger partial charge in [-0.1, -0.05) is 64.1 Å². The molecule has 0 saturated carbocycles. The quantitative estimate of drug-likeness (QED) is 0.291. The minimum atomic E-state index is -0.332. The summed E-state index contributed by atoms with van der Waals surface area (Å²) in [6, 6.07) is 10.0. The van der Waals surface area contributed by atoms with Gasteiger partial charge in [0.1, 0.15) is 6.79 Å². The number of allylic oxidation sites excluding steroid dienone is 1. The predicted molar refractivity (Wildman–Crippen MR) is 95.4 cm³/mol. The number of esters is 1. The molecular weight excluding hydrogens is 304 g/mol. The summed E-state index contributed by atoms with van der Waals surface area (Å²) in [6.45, 7) is 9.35. The fourth-order valence-corrected chi connectivity index (χ4v) is 2.69. The normalized spacial score (nSPS) is 14.5. The molecule has 0 saturated heterocycles. The van der Waals surface area contributed by atoms with Crippen LogP contribution in [0.4, 0.5) is 0 Å². The van der Waals surface area contributed by atoms with Crippen molar-refractivity contribution in [2.45, 2.75) is 46.8 Å². The summed E-state index contributed by atoms with van der Waals surface area (Å²) < 4.78 is 16.2. The molecule has 1 aromatic rings. The Hall–Kier alpha value is -1.65. The lowest BCUT2D eigenvalue weighted by Crippen LogP contribution is -2.35. The monoisotopic (exact) mass is 334 g/mol. The zero-order chi connectivity index (χ0) is 18.0. The van der Waals surface area contributed by atoms with E-state index in [0.717, 1.165) is 12.0 Å². The maximum atomic E-state index is 11.1. The number of hydrogen-bond donors (Lipinski definition) is 0. The zero-order valence-electron chi connectivity index (χ0n) is 15.5. The minimum Gasteiger partial charge on any atom is -0.466 e. The predicted octanol–water partition coefficient (Wildman–Crippen LogP) is 4.35. The van der Waals surface area contributed by atoms with Gasteiger partial charge in [0, 0.05) is 6.08 Å². The van der Waals surface area contributed by atoms with Crippen molar-refractivity contribution in [1.82, 2.24) is 0 Å². The van der Waals surface area contributed by atoms with Gasteiger partial charge in [0.05, 0.1) is 19.8 Å². The van der Waals surface area contributed by atoms with Crippen LogP contribution in [0, 0.1) is 11.3 Å². The first-order valence-corrected chi connectivity index (χ1v) is 8.32. The molecule has 0 aliphatic heterocycles. The second-order valence-electron chi connectivity index (χ2n) is 7.04. The Morgan fingerprint density at radius 2 is 1.88 bits per heavy atom. The van der Waals surface area contributed by atoms with Gasteiger partial charge in [0.25, 0.3) is 0 Å². The van der Waals surface area contributed by atoms with Gasteiger partial charge in [0.2, 0.25) is 0 Å². The van der Waals surface area contributed by atoms with Gasteiger partial charge in [-0.05, 0) is 23.3 Å². The Kier molecular flexibility index (Phi) is 8.72. The maximum Gasteiger partial charge on any atom is 0.330 e. The molecule has 24 heavy (non-hydrogen) atoms. The van der Waals surface area contributed by atoms with Crippen LogP contribution in [0.2, 0.25) is 0 Å². The fraction of sp³-hybridized carbons (Fsp3) is 0.550.